The minimum absolute atomic E-state index is 0.189. The molecular weight excluding hydrogens is 333 g/mol. The van der Waals surface area contributed by atoms with Gasteiger partial charge in [-0.05, 0) is 41.8 Å². The van der Waals surface area contributed by atoms with Gasteiger partial charge in [-0.1, -0.05) is 18.2 Å². The predicted octanol–water partition coefficient (Wildman–Crippen LogP) is 3.28. The number of amides is 2. The molecule has 0 atom stereocenters. The molecule has 0 radical (unpaired) electrons. The van der Waals surface area contributed by atoms with Crippen LogP contribution < -0.4 is 15.0 Å². The Balaban J connectivity index is 1.80. The number of nitrogens with one attached hydrogen (secondary N) is 1. The van der Waals surface area contributed by atoms with Crippen LogP contribution in [0.25, 0.3) is 0 Å². The Hall–Kier alpha value is -2.76. The lowest BCUT2D eigenvalue weighted by Gasteiger charge is -2.18. The second-order valence-electron chi connectivity index (χ2n) is 6.37. The smallest absolute Gasteiger partial charge is 0.317 e. The van der Waals surface area contributed by atoms with Gasteiger partial charge in [0.05, 0.1) is 7.11 Å². The molecule has 0 fully saturated rings. The van der Waals surface area contributed by atoms with Gasteiger partial charge in [0.15, 0.2) is 11.6 Å². The van der Waals surface area contributed by atoms with Crippen molar-refractivity contribution in [2.75, 3.05) is 39.7 Å². The lowest BCUT2D eigenvalue weighted by atomic mass is 10.1. The molecule has 6 heteroatoms. The molecule has 2 aromatic rings. The van der Waals surface area contributed by atoms with Gasteiger partial charge >= 0.3 is 6.03 Å². The van der Waals surface area contributed by atoms with Crippen LogP contribution >= 0.6 is 0 Å². The van der Waals surface area contributed by atoms with Gasteiger partial charge in [-0.3, -0.25) is 0 Å². The highest BCUT2D eigenvalue weighted by Gasteiger charge is 2.10. The summed E-state index contributed by atoms with van der Waals surface area (Å²) in [5.41, 5.74) is 3.01. The van der Waals surface area contributed by atoms with Crippen molar-refractivity contribution in [1.29, 1.82) is 0 Å². The number of nitrogens with zero attached hydrogens (tertiary/aromatic N) is 2. The minimum Gasteiger partial charge on any atom is -0.494 e. The highest BCUT2D eigenvalue weighted by atomic mass is 19.1. The molecule has 5 nitrogen and oxygen atoms in total. The Morgan fingerprint density at radius 2 is 1.73 bits per heavy atom. The fourth-order valence-corrected chi connectivity index (χ4v) is 2.56. The van der Waals surface area contributed by atoms with Crippen molar-refractivity contribution >= 4 is 11.7 Å². The van der Waals surface area contributed by atoms with E-state index < -0.39 is 5.82 Å². The molecule has 0 aromatic heterocycles. The van der Waals surface area contributed by atoms with Crippen molar-refractivity contribution in [3.8, 4) is 5.75 Å². The SMILES string of the molecule is COc1ccc(CN(C)C(=O)NCCc2ccc(N(C)C)cc2)cc1F. The number of urea groups is 1. The van der Waals surface area contributed by atoms with E-state index in [9.17, 15) is 9.18 Å². The summed E-state index contributed by atoms with van der Waals surface area (Å²) >= 11 is 0. The molecule has 0 saturated heterocycles. The Morgan fingerprint density at radius 3 is 2.31 bits per heavy atom. The number of carbonyl (C=O) groups is 1. The van der Waals surface area contributed by atoms with E-state index in [4.69, 9.17) is 4.74 Å². The van der Waals surface area contributed by atoms with Crippen LogP contribution in [-0.2, 0) is 13.0 Å². The van der Waals surface area contributed by atoms with Crippen molar-refractivity contribution < 1.29 is 13.9 Å². The molecule has 1 N–H and O–H groups in total. The molecule has 0 saturated carbocycles. The molecule has 0 bridgehead atoms. The van der Waals surface area contributed by atoms with E-state index in [1.54, 1.807) is 19.2 Å². The fourth-order valence-electron chi connectivity index (χ4n) is 2.56. The number of hydrogen-bond donors (Lipinski definition) is 1. The summed E-state index contributed by atoms with van der Waals surface area (Å²) in [5, 5.41) is 2.88. The van der Waals surface area contributed by atoms with E-state index in [0.717, 1.165) is 17.7 Å². The van der Waals surface area contributed by atoms with Crippen LogP contribution in [-0.4, -0.2) is 45.7 Å². The largest absolute Gasteiger partial charge is 0.494 e. The molecule has 0 heterocycles. The van der Waals surface area contributed by atoms with Crippen LogP contribution in [0.3, 0.4) is 0 Å². The van der Waals surface area contributed by atoms with Crippen LogP contribution in [0.15, 0.2) is 42.5 Å². The summed E-state index contributed by atoms with van der Waals surface area (Å²) in [6.45, 7) is 0.867. The number of benzene rings is 2. The van der Waals surface area contributed by atoms with E-state index in [1.807, 2.05) is 19.0 Å². The van der Waals surface area contributed by atoms with Gasteiger partial charge in [0.25, 0.3) is 0 Å². The zero-order valence-electron chi connectivity index (χ0n) is 15.8. The van der Waals surface area contributed by atoms with Crippen molar-refractivity contribution in [1.82, 2.24) is 10.2 Å². The van der Waals surface area contributed by atoms with Crippen LogP contribution in [0.5, 0.6) is 5.75 Å². The number of rotatable bonds is 7. The highest BCUT2D eigenvalue weighted by molar-refractivity contribution is 5.73. The fraction of sp³-hybridized carbons (Fsp3) is 0.350. The summed E-state index contributed by atoms with van der Waals surface area (Å²) < 4.78 is 18.6. The van der Waals surface area contributed by atoms with Gasteiger partial charge in [-0.15, -0.1) is 0 Å². The third-order valence-corrected chi connectivity index (χ3v) is 4.13. The molecule has 26 heavy (non-hydrogen) atoms. The van der Waals surface area contributed by atoms with Crippen molar-refractivity contribution in [3.63, 3.8) is 0 Å². The van der Waals surface area contributed by atoms with E-state index in [1.165, 1.54) is 18.1 Å². The highest BCUT2D eigenvalue weighted by Crippen LogP contribution is 2.18. The molecule has 2 rings (SSSR count). The van der Waals surface area contributed by atoms with Gasteiger partial charge in [-0.25, -0.2) is 9.18 Å². The molecule has 0 aliphatic heterocycles. The standard InChI is InChI=1S/C20H26FN3O2/c1-23(2)17-8-5-15(6-9-17)11-12-22-20(25)24(3)14-16-7-10-19(26-4)18(21)13-16/h5-10,13H,11-12,14H2,1-4H3,(H,22,25). The summed E-state index contributed by atoms with van der Waals surface area (Å²) in [6, 6.07) is 12.7. The van der Waals surface area contributed by atoms with Crippen molar-refractivity contribution in [3.05, 3.63) is 59.4 Å². The molecule has 0 unspecified atom stereocenters. The van der Waals surface area contributed by atoms with Crippen LogP contribution in [0, 0.1) is 5.82 Å². The average Bonchev–Trinajstić information content (AvgIpc) is 2.62. The Labute approximate surface area is 154 Å². The maximum atomic E-state index is 13.7. The molecule has 0 aliphatic carbocycles. The van der Waals surface area contributed by atoms with E-state index in [2.05, 4.69) is 29.6 Å². The van der Waals surface area contributed by atoms with Gasteiger partial charge in [0, 0.05) is 39.9 Å². The van der Waals surface area contributed by atoms with Crippen LogP contribution in [0.2, 0.25) is 0 Å². The monoisotopic (exact) mass is 359 g/mol. The van der Waals surface area contributed by atoms with Gasteiger partial charge in [0.2, 0.25) is 0 Å². The zero-order valence-corrected chi connectivity index (χ0v) is 15.8. The molecule has 0 spiro atoms. The third-order valence-electron chi connectivity index (χ3n) is 4.13. The average molecular weight is 359 g/mol. The first-order valence-electron chi connectivity index (χ1n) is 8.48. The molecule has 2 amide bonds. The van der Waals surface area contributed by atoms with Gasteiger partial charge in [0.1, 0.15) is 0 Å². The summed E-state index contributed by atoms with van der Waals surface area (Å²) in [6.07, 6.45) is 0.754. The molecular formula is C20H26FN3O2. The second-order valence-corrected chi connectivity index (χ2v) is 6.37. The lowest BCUT2D eigenvalue weighted by Crippen LogP contribution is -2.37. The molecule has 0 aliphatic rings. The normalized spacial score (nSPS) is 10.3. The number of anilines is 1. The van der Waals surface area contributed by atoms with E-state index in [0.29, 0.717) is 18.7 Å². The number of halogens is 1. The Kier molecular flexibility index (Phi) is 6.83. The first-order valence-corrected chi connectivity index (χ1v) is 8.48. The van der Waals surface area contributed by atoms with Crippen molar-refractivity contribution in [2.24, 2.45) is 0 Å². The number of carbonyl (C=O) groups excluding carboxylic acids is 1. The number of methoxy groups -OCH3 is 1. The maximum absolute atomic E-state index is 13.7. The number of hydrogen-bond acceptors (Lipinski definition) is 3. The maximum Gasteiger partial charge on any atom is 0.317 e. The Morgan fingerprint density at radius 1 is 1.08 bits per heavy atom. The summed E-state index contributed by atoms with van der Waals surface area (Å²) in [4.78, 5) is 15.7. The predicted molar refractivity (Wildman–Crippen MR) is 102 cm³/mol. The lowest BCUT2D eigenvalue weighted by molar-refractivity contribution is 0.207. The molecule has 2 aromatic carbocycles. The quantitative estimate of drug-likeness (QED) is 0.825. The number of ether oxygens (including phenoxy) is 1. The van der Waals surface area contributed by atoms with Crippen molar-refractivity contribution in [2.45, 2.75) is 13.0 Å². The third kappa shape index (κ3) is 5.37. The van der Waals surface area contributed by atoms with E-state index in [-0.39, 0.29) is 11.8 Å². The van der Waals surface area contributed by atoms with Gasteiger partial charge in [-0.2, -0.15) is 0 Å². The first kappa shape index (κ1) is 19.6. The van der Waals surface area contributed by atoms with Crippen LogP contribution in [0.4, 0.5) is 14.9 Å². The van der Waals surface area contributed by atoms with Crippen LogP contribution in [0.1, 0.15) is 11.1 Å². The second kappa shape index (κ2) is 9.08. The topological polar surface area (TPSA) is 44.8 Å². The molecule has 140 valence electrons. The van der Waals surface area contributed by atoms with E-state index >= 15 is 0 Å². The zero-order chi connectivity index (χ0) is 19.1. The first-order chi connectivity index (χ1) is 12.4. The summed E-state index contributed by atoms with van der Waals surface area (Å²) in [7, 11) is 7.11. The Bertz CT molecular complexity index is 732. The van der Waals surface area contributed by atoms with Gasteiger partial charge < -0.3 is 19.9 Å². The summed E-state index contributed by atoms with van der Waals surface area (Å²) in [5.74, 6) is -0.235. The minimum atomic E-state index is -0.431.